The van der Waals surface area contributed by atoms with E-state index in [1.807, 2.05) is 13.8 Å². The van der Waals surface area contributed by atoms with Gasteiger partial charge in [-0.05, 0) is 38.2 Å². The van der Waals surface area contributed by atoms with E-state index in [9.17, 15) is 9.59 Å². The maximum absolute atomic E-state index is 12.6. The Balaban J connectivity index is 2.19. The molecule has 2 heterocycles. The predicted molar refractivity (Wildman–Crippen MR) is 107 cm³/mol. The van der Waals surface area contributed by atoms with Gasteiger partial charge in [0.15, 0.2) is 5.16 Å². The first-order chi connectivity index (χ1) is 11.8. The summed E-state index contributed by atoms with van der Waals surface area (Å²) < 4.78 is 0. The highest BCUT2D eigenvalue weighted by molar-refractivity contribution is 7.99. The minimum absolute atomic E-state index is 0.0399. The predicted octanol–water partition coefficient (Wildman–Crippen LogP) is 3.89. The Kier molecular flexibility index (Phi) is 7.07. The van der Waals surface area contributed by atoms with Gasteiger partial charge in [0, 0.05) is 10.9 Å². The molecule has 0 aromatic carbocycles. The van der Waals surface area contributed by atoms with Gasteiger partial charge >= 0.3 is 0 Å². The van der Waals surface area contributed by atoms with Crippen molar-refractivity contribution in [1.29, 1.82) is 0 Å². The Morgan fingerprint density at radius 2 is 2.04 bits per heavy atom. The quantitative estimate of drug-likeness (QED) is 0.537. The fourth-order valence-corrected chi connectivity index (χ4v) is 4.30. The van der Waals surface area contributed by atoms with E-state index >= 15 is 0 Å². The van der Waals surface area contributed by atoms with Crippen LogP contribution in [0.25, 0.3) is 10.2 Å². The van der Waals surface area contributed by atoms with Gasteiger partial charge in [-0.1, -0.05) is 39.0 Å². The van der Waals surface area contributed by atoms with E-state index in [4.69, 9.17) is 0 Å². The molecular formula is C18H27N3O2S2. The molecule has 7 heteroatoms. The van der Waals surface area contributed by atoms with Crippen molar-refractivity contribution in [1.82, 2.24) is 15.3 Å². The second-order valence-electron chi connectivity index (χ2n) is 6.57. The Labute approximate surface area is 157 Å². The summed E-state index contributed by atoms with van der Waals surface area (Å²) >= 11 is 2.83. The fourth-order valence-electron chi connectivity index (χ4n) is 2.51. The van der Waals surface area contributed by atoms with Crippen LogP contribution in [0.3, 0.4) is 0 Å². The summed E-state index contributed by atoms with van der Waals surface area (Å²) in [7, 11) is 0. The smallest absolute Gasteiger partial charge is 0.260 e. The van der Waals surface area contributed by atoms with E-state index < -0.39 is 0 Å². The van der Waals surface area contributed by atoms with Gasteiger partial charge in [-0.25, -0.2) is 4.98 Å². The molecule has 1 amide bonds. The first-order valence-electron chi connectivity index (χ1n) is 8.80. The molecule has 0 saturated carbocycles. The topological polar surface area (TPSA) is 74.8 Å². The van der Waals surface area contributed by atoms with Crippen molar-refractivity contribution in [3.05, 3.63) is 20.8 Å². The number of carbonyl (C=O) groups is 1. The number of rotatable bonds is 8. The molecule has 2 N–H and O–H groups in total. The van der Waals surface area contributed by atoms with Gasteiger partial charge in [0.05, 0.1) is 11.1 Å². The lowest BCUT2D eigenvalue weighted by Crippen LogP contribution is -2.33. The molecule has 0 spiro atoms. The molecule has 2 aromatic rings. The van der Waals surface area contributed by atoms with Gasteiger partial charge in [-0.2, -0.15) is 0 Å². The molecule has 0 radical (unpaired) electrons. The lowest BCUT2D eigenvalue weighted by atomic mass is 9.98. The van der Waals surface area contributed by atoms with Gasteiger partial charge in [-0.15, -0.1) is 11.3 Å². The minimum Gasteiger partial charge on any atom is -0.353 e. The average molecular weight is 382 g/mol. The van der Waals surface area contributed by atoms with Crippen LogP contribution in [-0.4, -0.2) is 27.7 Å². The van der Waals surface area contributed by atoms with Gasteiger partial charge in [-0.3, -0.25) is 9.59 Å². The number of aromatic nitrogens is 2. The van der Waals surface area contributed by atoms with Crippen molar-refractivity contribution in [2.45, 2.75) is 65.1 Å². The van der Waals surface area contributed by atoms with Crippen molar-refractivity contribution in [2.24, 2.45) is 5.92 Å². The third kappa shape index (κ3) is 5.07. The van der Waals surface area contributed by atoms with Crippen LogP contribution >= 0.6 is 23.1 Å². The van der Waals surface area contributed by atoms with Crippen molar-refractivity contribution >= 4 is 39.2 Å². The molecule has 25 heavy (non-hydrogen) atoms. The molecule has 0 saturated heterocycles. The van der Waals surface area contributed by atoms with E-state index in [-0.39, 0.29) is 23.3 Å². The lowest BCUT2D eigenvalue weighted by molar-refractivity contribution is -0.119. The zero-order chi connectivity index (χ0) is 18.6. The number of aryl methyl sites for hydroxylation is 1. The zero-order valence-electron chi connectivity index (χ0n) is 15.6. The van der Waals surface area contributed by atoms with Crippen molar-refractivity contribution in [3.8, 4) is 0 Å². The number of H-pyrrole nitrogens is 1. The molecule has 138 valence electrons. The summed E-state index contributed by atoms with van der Waals surface area (Å²) in [6.07, 6.45) is 2.88. The maximum Gasteiger partial charge on any atom is 0.260 e. The average Bonchev–Trinajstić information content (AvgIpc) is 2.88. The van der Waals surface area contributed by atoms with Crippen LogP contribution in [0.2, 0.25) is 0 Å². The molecule has 0 fully saturated rings. The Bertz CT molecular complexity index is 797. The number of hydrogen-bond acceptors (Lipinski definition) is 5. The second-order valence-corrected chi connectivity index (χ2v) is 8.74. The summed E-state index contributed by atoms with van der Waals surface area (Å²) in [6.45, 7) is 10.4. The number of carbonyl (C=O) groups excluding carboxylic acids is 1. The number of nitrogens with zero attached hydrogens (tertiary/aromatic N) is 1. The maximum atomic E-state index is 12.6. The van der Waals surface area contributed by atoms with Crippen molar-refractivity contribution in [3.63, 3.8) is 0 Å². The highest BCUT2D eigenvalue weighted by atomic mass is 32.2. The minimum atomic E-state index is -0.0995. The SMILES string of the molecule is CC[C@H](C)Cc1c(C)sc2nc(SCC(=O)N[C@@H](C)CC)[nH]c(=O)c12. The van der Waals surface area contributed by atoms with Crippen LogP contribution < -0.4 is 10.9 Å². The first-order valence-corrected chi connectivity index (χ1v) is 10.6. The number of fused-ring (bicyclic) bond motifs is 1. The first kappa shape index (κ1) is 20.0. The molecule has 2 atom stereocenters. The van der Waals surface area contributed by atoms with Crippen molar-refractivity contribution in [2.75, 3.05) is 5.75 Å². The second kappa shape index (κ2) is 8.85. The molecular weight excluding hydrogens is 354 g/mol. The number of thioether (sulfide) groups is 1. The van der Waals surface area contributed by atoms with Gasteiger partial charge < -0.3 is 10.3 Å². The molecule has 0 aliphatic rings. The molecule has 0 aliphatic carbocycles. The number of aromatic amines is 1. The number of amides is 1. The van der Waals surface area contributed by atoms with E-state index in [1.54, 1.807) is 11.3 Å². The molecule has 0 aliphatic heterocycles. The van der Waals surface area contributed by atoms with Crippen molar-refractivity contribution < 1.29 is 4.79 Å². The molecule has 0 bridgehead atoms. The van der Waals surface area contributed by atoms with Crippen LogP contribution in [0.5, 0.6) is 0 Å². The van der Waals surface area contributed by atoms with E-state index in [1.165, 1.54) is 11.8 Å². The third-order valence-corrected chi connectivity index (χ3v) is 6.36. The monoisotopic (exact) mass is 381 g/mol. The van der Waals surface area contributed by atoms with Crippen LogP contribution in [0.4, 0.5) is 0 Å². The Morgan fingerprint density at radius 1 is 1.32 bits per heavy atom. The van der Waals surface area contributed by atoms with Crippen LogP contribution in [-0.2, 0) is 11.2 Å². The summed E-state index contributed by atoms with van der Waals surface area (Å²) in [5.74, 6) is 0.749. The largest absolute Gasteiger partial charge is 0.353 e. The van der Waals surface area contributed by atoms with Gasteiger partial charge in [0.1, 0.15) is 4.83 Å². The van der Waals surface area contributed by atoms with E-state index in [0.717, 1.165) is 39.9 Å². The summed E-state index contributed by atoms with van der Waals surface area (Å²) in [5, 5.41) is 4.14. The normalized spacial score (nSPS) is 13.8. The van der Waals surface area contributed by atoms with E-state index in [0.29, 0.717) is 11.1 Å². The summed E-state index contributed by atoms with van der Waals surface area (Å²) in [6, 6.07) is 0.158. The Hall–Kier alpha value is -1.34. The van der Waals surface area contributed by atoms with Gasteiger partial charge in [0.25, 0.3) is 5.56 Å². The third-order valence-electron chi connectivity index (χ3n) is 4.45. The molecule has 0 unspecified atom stereocenters. The van der Waals surface area contributed by atoms with Crippen LogP contribution in [0.1, 0.15) is 51.0 Å². The van der Waals surface area contributed by atoms with E-state index in [2.05, 4.69) is 36.1 Å². The Morgan fingerprint density at radius 3 is 2.68 bits per heavy atom. The van der Waals surface area contributed by atoms with Crippen LogP contribution in [0.15, 0.2) is 9.95 Å². The van der Waals surface area contributed by atoms with Crippen LogP contribution in [0, 0.1) is 12.8 Å². The zero-order valence-corrected chi connectivity index (χ0v) is 17.2. The van der Waals surface area contributed by atoms with Gasteiger partial charge in [0.2, 0.25) is 5.91 Å². The molecule has 5 nitrogen and oxygen atoms in total. The summed E-state index contributed by atoms with van der Waals surface area (Å²) in [5.41, 5.74) is 1.02. The number of nitrogens with one attached hydrogen (secondary N) is 2. The molecule has 2 aromatic heterocycles. The highest BCUT2D eigenvalue weighted by Gasteiger charge is 2.17. The lowest BCUT2D eigenvalue weighted by Gasteiger charge is -2.10. The standard InChI is InChI=1S/C18H27N3O2S2/c1-6-10(3)8-13-12(5)25-17-15(13)16(23)20-18(21-17)24-9-14(22)19-11(4)7-2/h10-11H,6-9H2,1-5H3,(H,19,22)(H,20,21,23)/t10-,11-/m0/s1. The number of hydrogen-bond donors (Lipinski definition) is 2. The summed E-state index contributed by atoms with van der Waals surface area (Å²) in [4.78, 5) is 33.8. The fraction of sp³-hybridized carbons (Fsp3) is 0.611. The highest BCUT2D eigenvalue weighted by Crippen LogP contribution is 2.30. The number of thiophene rings is 1. The molecule has 2 rings (SSSR count).